The minimum Gasteiger partial charge on any atom is -0.496 e. The number of ether oxygens (including phenoxy) is 4. The molecule has 37 heavy (non-hydrogen) atoms. The molecule has 2 rings (SSSR count). The maximum absolute atomic E-state index is 13.2. The number of benzene rings is 2. The first-order valence-electron chi connectivity index (χ1n) is 11.9. The first-order valence-corrected chi connectivity index (χ1v) is 11.9. The quantitative estimate of drug-likeness (QED) is 0.132. The van der Waals surface area contributed by atoms with Gasteiger partial charge in [0.05, 0.1) is 25.0 Å². The minimum atomic E-state index is -0.685. The molecular weight excluding hydrogens is 472 g/mol. The molecule has 0 bridgehead atoms. The van der Waals surface area contributed by atoms with E-state index in [1.165, 1.54) is 14.2 Å². The molecule has 2 aromatic rings. The molecule has 7 heteroatoms. The van der Waals surface area contributed by atoms with Crippen LogP contribution >= 0.6 is 0 Å². The Kier molecular flexibility index (Phi) is 9.45. The molecule has 0 saturated heterocycles. The summed E-state index contributed by atoms with van der Waals surface area (Å²) in [4.78, 5) is 37.8. The van der Waals surface area contributed by atoms with Crippen LogP contribution in [0.4, 0.5) is 0 Å². The van der Waals surface area contributed by atoms with Crippen LogP contribution in [-0.4, -0.2) is 31.9 Å². The van der Waals surface area contributed by atoms with Gasteiger partial charge in [-0.1, -0.05) is 12.2 Å². The molecule has 0 amide bonds. The third-order valence-corrected chi connectivity index (χ3v) is 5.19. The first kappa shape index (κ1) is 29.4. The molecule has 198 valence electrons. The topological polar surface area (TPSA) is 88.1 Å². The molecular formula is C30H36O7. The van der Waals surface area contributed by atoms with Crippen LogP contribution in [0, 0.1) is 10.8 Å². The molecule has 0 N–H and O–H groups in total. The average Bonchev–Trinajstić information content (AvgIpc) is 2.82. The molecule has 0 atom stereocenters. The lowest BCUT2D eigenvalue weighted by Gasteiger charge is -2.19. The fourth-order valence-electron chi connectivity index (χ4n) is 2.97. The largest absolute Gasteiger partial charge is 0.496 e. The maximum atomic E-state index is 13.2. The summed E-state index contributed by atoms with van der Waals surface area (Å²) in [7, 11) is 2.89. The summed E-state index contributed by atoms with van der Waals surface area (Å²) in [5.74, 6) is 0.0438. The number of allylic oxidation sites excluding steroid dienone is 2. The van der Waals surface area contributed by atoms with Gasteiger partial charge in [-0.2, -0.15) is 0 Å². The molecule has 0 radical (unpaired) electrons. The van der Waals surface area contributed by atoms with Gasteiger partial charge in [0.1, 0.15) is 17.2 Å². The van der Waals surface area contributed by atoms with Gasteiger partial charge in [-0.25, -0.2) is 0 Å². The lowest BCUT2D eigenvalue weighted by molar-refractivity contribution is -0.143. The molecule has 0 aliphatic rings. The Balaban J connectivity index is 2.42. The fraction of sp³-hybridized carbons (Fsp3) is 0.367. The Morgan fingerprint density at radius 2 is 1.32 bits per heavy atom. The van der Waals surface area contributed by atoms with Gasteiger partial charge in [0.2, 0.25) is 5.78 Å². The van der Waals surface area contributed by atoms with Crippen molar-refractivity contribution < 1.29 is 33.3 Å². The summed E-state index contributed by atoms with van der Waals surface area (Å²) in [6.07, 6.45) is 5.19. The van der Waals surface area contributed by atoms with Crippen LogP contribution in [0.2, 0.25) is 0 Å². The molecule has 0 saturated carbocycles. The Hall–Kier alpha value is -3.87. The second-order valence-corrected chi connectivity index (χ2v) is 10.5. The summed E-state index contributed by atoms with van der Waals surface area (Å²) in [5, 5.41) is 0. The number of rotatable bonds is 8. The summed E-state index contributed by atoms with van der Waals surface area (Å²) >= 11 is 0. The molecule has 2 aromatic carbocycles. The fourth-order valence-corrected chi connectivity index (χ4v) is 2.97. The summed E-state index contributed by atoms with van der Waals surface area (Å²) in [5.41, 5.74) is 0.223. The smallest absolute Gasteiger partial charge is 0.316 e. The van der Waals surface area contributed by atoms with Crippen LogP contribution in [0.3, 0.4) is 0 Å². The van der Waals surface area contributed by atoms with Gasteiger partial charge < -0.3 is 18.9 Å². The zero-order valence-corrected chi connectivity index (χ0v) is 23.1. The van der Waals surface area contributed by atoms with Crippen molar-refractivity contribution in [2.75, 3.05) is 14.2 Å². The number of ketones is 1. The Morgan fingerprint density at radius 3 is 1.81 bits per heavy atom. The molecule has 0 fully saturated rings. The first-order chi connectivity index (χ1) is 17.2. The van der Waals surface area contributed by atoms with E-state index in [4.69, 9.17) is 18.9 Å². The van der Waals surface area contributed by atoms with Gasteiger partial charge in [0.15, 0.2) is 5.76 Å². The SMILES string of the molecule is CC=Cc1cc(C=C(OC)C(=O)c2ccc(OC(=O)C(C)(C)C)cc2)c(OC)cc1OC(=O)C(C)(C)C. The molecule has 0 heterocycles. The van der Waals surface area contributed by atoms with Crippen molar-refractivity contribution in [1.82, 2.24) is 0 Å². The number of carbonyl (C=O) groups is 3. The highest BCUT2D eigenvalue weighted by Crippen LogP contribution is 2.34. The van der Waals surface area contributed by atoms with Gasteiger partial charge >= 0.3 is 11.9 Å². The lowest BCUT2D eigenvalue weighted by Crippen LogP contribution is -2.25. The van der Waals surface area contributed by atoms with E-state index in [1.807, 2.05) is 13.0 Å². The van der Waals surface area contributed by atoms with Crippen molar-refractivity contribution in [2.24, 2.45) is 10.8 Å². The zero-order valence-electron chi connectivity index (χ0n) is 23.1. The highest BCUT2D eigenvalue weighted by Gasteiger charge is 2.26. The van der Waals surface area contributed by atoms with Crippen LogP contribution in [0.15, 0.2) is 48.2 Å². The second kappa shape index (κ2) is 11.9. The second-order valence-electron chi connectivity index (χ2n) is 10.5. The van der Waals surface area contributed by atoms with Crippen LogP contribution in [0.1, 0.15) is 70.0 Å². The average molecular weight is 509 g/mol. The van der Waals surface area contributed by atoms with Crippen molar-refractivity contribution in [3.8, 4) is 17.2 Å². The molecule has 0 spiro atoms. The van der Waals surface area contributed by atoms with Crippen LogP contribution in [0.5, 0.6) is 17.2 Å². The summed E-state index contributed by atoms with van der Waals surface area (Å²) in [6.45, 7) is 12.5. The minimum absolute atomic E-state index is 0.0728. The third kappa shape index (κ3) is 7.81. The number of Topliss-reactive ketones (excluding diaryl/α,β-unsaturated/α-hetero) is 1. The number of esters is 2. The molecule has 0 aliphatic carbocycles. The van der Waals surface area contributed by atoms with E-state index in [1.54, 1.807) is 90.1 Å². The summed E-state index contributed by atoms with van der Waals surface area (Å²) in [6, 6.07) is 9.63. The molecule has 0 aromatic heterocycles. The van der Waals surface area contributed by atoms with E-state index in [0.717, 1.165) is 0 Å². The summed E-state index contributed by atoms with van der Waals surface area (Å²) < 4.78 is 21.9. The normalized spacial score (nSPS) is 12.3. The maximum Gasteiger partial charge on any atom is 0.316 e. The lowest BCUT2D eigenvalue weighted by atomic mass is 9.97. The standard InChI is InChI=1S/C30H36O7/c1-10-11-20-16-21(23(34-8)18-24(20)37-28(33)30(5,6)7)17-25(35-9)26(31)19-12-14-22(15-13-19)36-27(32)29(2,3)4/h10-18H,1-9H3. The monoisotopic (exact) mass is 508 g/mol. The van der Waals surface area contributed by atoms with E-state index in [0.29, 0.717) is 33.9 Å². The van der Waals surface area contributed by atoms with Crippen LogP contribution in [-0.2, 0) is 14.3 Å². The number of hydrogen-bond acceptors (Lipinski definition) is 7. The Bertz CT molecular complexity index is 1200. The van der Waals surface area contributed by atoms with E-state index >= 15 is 0 Å². The predicted octanol–water partition coefficient (Wildman–Crippen LogP) is 6.50. The van der Waals surface area contributed by atoms with Gasteiger partial charge in [0, 0.05) is 22.8 Å². The van der Waals surface area contributed by atoms with Gasteiger partial charge in [-0.15, -0.1) is 0 Å². The zero-order chi connectivity index (χ0) is 28.0. The van der Waals surface area contributed by atoms with E-state index in [9.17, 15) is 14.4 Å². The highest BCUT2D eigenvalue weighted by atomic mass is 16.5. The number of hydrogen-bond donors (Lipinski definition) is 0. The van der Waals surface area contributed by atoms with Crippen molar-refractivity contribution in [3.63, 3.8) is 0 Å². The highest BCUT2D eigenvalue weighted by molar-refractivity contribution is 6.10. The van der Waals surface area contributed by atoms with Crippen molar-refractivity contribution in [3.05, 3.63) is 64.9 Å². The van der Waals surface area contributed by atoms with Gasteiger partial charge in [-0.05, 0) is 84.9 Å². The third-order valence-electron chi connectivity index (χ3n) is 5.19. The predicted molar refractivity (Wildman–Crippen MR) is 144 cm³/mol. The number of methoxy groups -OCH3 is 2. The molecule has 0 unspecified atom stereocenters. The molecule has 0 aliphatic heterocycles. The van der Waals surface area contributed by atoms with Crippen LogP contribution in [0.25, 0.3) is 12.2 Å². The van der Waals surface area contributed by atoms with Gasteiger partial charge in [0.25, 0.3) is 0 Å². The van der Waals surface area contributed by atoms with E-state index in [2.05, 4.69) is 0 Å². The van der Waals surface area contributed by atoms with Gasteiger partial charge in [-0.3, -0.25) is 14.4 Å². The van der Waals surface area contributed by atoms with Crippen molar-refractivity contribution in [1.29, 1.82) is 0 Å². The number of carbonyl (C=O) groups excluding carboxylic acids is 3. The Labute approximate surface area is 219 Å². The van der Waals surface area contributed by atoms with E-state index < -0.39 is 10.8 Å². The van der Waals surface area contributed by atoms with Crippen LogP contribution < -0.4 is 14.2 Å². The van der Waals surface area contributed by atoms with Crippen molar-refractivity contribution in [2.45, 2.75) is 48.5 Å². The van der Waals surface area contributed by atoms with E-state index in [-0.39, 0.29) is 23.5 Å². The Morgan fingerprint density at radius 1 is 0.757 bits per heavy atom. The molecule has 7 nitrogen and oxygen atoms in total. The van der Waals surface area contributed by atoms with Crippen molar-refractivity contribution >= 4 is 29.9 Å².